The zero-order valence-corrected chi connectivity index (χ0v) is 13.7. The van der Waals surface area contributed by atoms with Crippen LogP contribution in [0, 0.1) is 6.92 Å². The van der Waals surface area contributed by atoms with Gasteiger partial charge in [-0.25, -0.2) is 0 Å². The topological polar surface area (TPSA) is 73.3 Å². The van der Waals surface area contributed by atoms with Gasteiger partial charge in [-0.3, -0.25) is 4.68 Å². The van der Waals surface area contributed by atoms with E-state index in [-0.39, 0.29) is 12.5 Å². The normalized spacial score (nSPS) is 12.4. The highest BCUT2D eigenvalue weighted by molar-refractivity contribution is 6.32. The highest BCUT2D eigenvalue weighted by atomic mass is 35.5. The summed E-state index contributed by atoms with van der Waals surface area (Å²) in [5.41, 5.74) is 8.87. The van der Waals surface area contributed by atoms with E-state index in [2.05, 4.69) is 5.10 Å². The quantitative estimate of drug-likeness (QED) is 0.820. The molecule has 5 nitrogen and oxygen atoms in total. The molecule has 0 saturated heterocycles. The molecule has 2 rings (SSSR count). The van der Waals surface area contributed by atoms with Crippen LogP contribution >= 0.6 is 11.6 Å². The Balaban J connectivity index is 2.38. The van der Waals surface area contributed by atoms with Crippen molar-refractivity contribution in [2.24, 2.45) is 5.73 Å². The fourth-order valence-corrected chi connectivity index (χ4v) is 2.80. The summed E-state index contributed by atoms with van der Waals surface area (Å²) in [4.78, 5) is 0. The van der Waals surface area contributed by atoms with Crippen molar-refractivity contribution in [3.63, 3.8) is 0 Å². The zero-order chi connectivity index (χ0) is 16.1. The lowest BCUT2D eigenvalue weighted by atomic mass is 9.95. The Bertz CT molecular complexity index is 628. The molecule has 0 amide bonds. The fourth-order valence-electron chi connectivity index (χ4n) is 2.55. The molecule has 6 heteroatoms. The van der Waals surface area contributed by atoms with Crippen molar-refractivity contribution in [1.29, 1.82) is 0 Å². The summed E-state index contributed by atoms with van der Waals surface area (Å²) < 4.78 is 7.27. The maximum Gasteiger partial charge on any atom is 0.137 e. The molecule has 2 aromatic rings. The molecular weight excluding hydrogens is 302 g/mol. The van der Waals surface area contributed by atoms with E-state index in [1.54, 1.807) is 4.68 Å². The maximum atomic E-state index is 9.19. The van der Waals surface area contributed by atoms with Gasteiger partial charge in [0.1, 0.15) is 5.75 Å². The third-order valence-electron chi connectivity index (χ3n) is 3.50. The summed E-state index contributed by atoms with van der Waals surface area (Å²) in [6.07, 6.45) is 0. The van der Waals surface area contributed by atoms with Crippen molar-refractivity contribution in [2.45, 2.75) is 26.3 Å². The van der Waals surface area contributed by atoms with Crippen LogP contribution in [-0.4, -0.2) is 34.6 Å². The van der Waals surface area contributed by atoms with Crippen LogP contribution < -0.4 is 10.5 Å². The average Bonchev–Trinajstić information content (AvgIpc) is 2.84. The lowest BCUT2D eigenvalue weighted by molar-refractivity contribution is 0.266. The van der Waals surface area contributed by atoms with Gasteiger partial charge in [0.05, 0.1) is 30.5 Å². The lowest BCUT2D eigenvalue weighted by Gasteiger charge is -2.18. The molecule has 1 heterocycles. The van der Waals surface area contributed by atoms with Crippen molar-refractivity contribution in [3.05, 3.63) is 46.2 Å². The SMILES string of the molecule is CCOc1ccc(C(CN)c2cc(C)nn2CCO)cc1Cl. The first-order valence-corrected chi connectivity index (χ1v) is 7.76. The van der Waals surface area contributed by atoms with Gasteiger partial charge in [0, 0.05) is 18.2 Å². The van der Waals surface area contributed by atoms with Gasteiger partial charge in [-0.2, -0.15) is 5.10 Å². The number of rotatable bonds is 7. The molecule has 0 fully saturated rings. The summed E-state index contributed by atoms with van der Waals surface area (Å²) in [5.74, 6) is 0.643. The number of aromatic nitrogens is 2. The monoisotopic (exact) mass is 323 g/mol. The van der Waals surface area contributed by atoms with Crippen LogP contribution in [0.15, 0.2) is 24.3 Å². The molecule has 0 aliphatic rings. The largest absolute Gasteiger partial charge is 0.492 e. The number of aliphatic hydroxyl groups excluding tert-OH is 1. The second kappa shape index (κ2) is 7.63. The smallest absolute Gasteiger partial charge is 0.137 e. The molecule has 22 heavy (non-hydrogen) atoms. The number of halogens is 1. The van der Waals surface area contributed by atoms with Crippen molar-refractivity contribution in [2.75, 3.05) is 19.8 Å². The Morgan fingerprint density at radius 2 is 2.18 bits per heavy atom. The van der Waals surface area contributed by atoms with Crippen LogP contribution in [0.1, 0.15) is 29.8 Å². The molecule has 0 saturated carbocycles. The van der Waals surface area contributed by atoms with Crippen molar-refractivity contribution >= 4 is 11.6 Å². The predicted octanol–water partition coefficient (Wildman–Crippen LogP) is 2.33. The van der Waals surface area contributed by atoms with Crippen LogP contribution in [0.3, 0.4) is 0 Å². The van der Waals surface area contributed by atoms with E-state index < -0.39 is 0 Å². The first kappa shape index (κ1) is 16.8. The van der Waals surface area contributed by atoms with Gasteiger partial charge >= 0.3 is 0 Å². The second-order valence-electron chi connectivity index (χ2n) is 5.07. The molecule has 0 aliphatic heterocycles. The van der Waals surface area contributed by atoms with Gasteiger partial charge in [-0.15, -0.1) is 0 Å². The summed E-state index contributed by atoms with van der Waals surface area (Å²) in [5, 5.41) is 14.2. The standard InChI is InChI=1S/C16H22ClN3O2/c1-3-22-16-5-4-12(9-14(16)17)13(10-18)15-8-11(2)19-20(15)6-7-21/h4-5,8-9,13,21H,3,6-7,10,18H2,1-2H3. The van der Waals surface area contributed by atoms with E-state index in [1.165, 1.54) is 0 Å². The van der Waals surface area contributed by atoms with Crippen LogP contribution in [0.25, 0.3) is 0 Å². The van der Waals surface area contributed by atoms with Gasteiger partial charge in [-0.1, -0.05) is 17.7 Å². The molecule has 1 aromatic carbocycles. The van der Waals surface area contributed by atoms with Crippen molar-refractivity contribution in [1.82, 2.24) is 9.78 Å². The summed E-state index contributed by atoms with van der Waals surface area (Å²) in [6, 6.07) is 7.72. The van der Waals surface area contributed by atoms with Gasteiger partial charge in [0.25, 0.3) is 0 Å². The lowest BCUT2D eigenvalue weighted by Crippen LogP contribution is -2.19. The number of aryl methyl sites for hydroxylation is 1. The van der Waals surface area contributed by atoms with E-state index >= 15 is 0 Å². The Morgan fingerprint density at radius 3 is 2.77 bits per heavy atom. The predicted molar refractivity (Wildman–Crippen MR) is 87.6 cm³/mol. The Kier molecular flexibility index (Phi) is 5.83. The third-order valence-corrected chi connectivity index (χ3v) is 3.79. The fraction of sp³-hybridized carbons (Fsp3) is 0.438. The van der Waals surface area contributed by atoms with Crippen molar-refractivity contribution < 1.29 is 9.84 Å². The number of nitrogens with two attached hydrogens (primary N) is 1. The number of aliphatic hydroxyl groups is 1. The number of benzene rings is 1. The van der Waals surface area contributed by atoms with Crippen LogP contribution in [-0.2, 0) is 6.54 Å². The molecule has 0 radical (unpaired) electrons. The van der Waals surface area contributed by atoms with E-state index in [4.69, 9.17) is 22.1 Å². The summed E-state index contributed by atoms with van der Waals surface area (Å²) in [7, 11) is 0. The molecule has 1 atom stereocenters. The van der Waals surface area contributed by atoms with Crippen molar-refractivity contribution in [3.8, 4) is 5.75 Å². The van der Waals surface area contributed by atoms with Crippen LogP contribution in [0.5, 0.6) is 5.75 Å². The summed E-state index contributed by atoms with van der Waals surface area (Å²) >= 11 is 6.27. The number of hydrogen-bond acceptors (Lipinski definition) is 4. The minimum Gasteiger partial charge on any atom is -0.492 e. The van der Waals surface area contributed by atoms with E-state index in [9.17, 15) is 5.11 Å². The maximum absolute atomic E-state index is 9.19. The minimum absolute atomic E-state index is 0.0269. The minimum atomic E-state index is -0.0269. The van der Waals surface area contributed by atoms with Gasteiger partial charge in [-0.05, 0) is 37.6 Å². The van der Waals surface area contributed by atoms with E-state index in [0.29, 0.717) is 30.5 Å². The molecule has 1 unspecified atom stereocenters. The molecular formula is C16H22ClN3O2. The average molecular weight is 324 g/mol. The molecule has 0 aliphatic carbocycles. The highest BCUT2D eigenvalue weighted by Crippen LogP contribution is 2.31. The summed E-state index contributed by atoms with van der Waals surface area (Å²) in [6.45, 7) is 5.34. The number of nitrogens with zero attached hydrogens (tertiary/aromatic N) is 2. The van der Waals surface area contributed by atoms with Gasteiger partial charge in [0.2, 0.25) is 0 Å². The Morgan fingerprint density at radius 1 is 1.41 bits per heavy atom. The highest BCUT2D eigenvalue weighted by Gasteiger charge is 2.19. The Hall–Kier alpha value is -1.56. The van der Waals surface area contributed by atoms with Crippen LogP contribution in [0.4, 0.5) is 0 Å². The zero-order valence-electron chi connectivity index (χ0n) is 12.9. The third kappa shape index (κ3) is 3.61. The second-order valence-corrected chi connectivity index (χ2v) is 5.48. The Labute approximate surface area is 135 Å². The molecule has 3 N–H and O–H groups in total. The number of ether oxygens (including phenoxy) is 1. The van der Waals surface area contributed by atoms with Gasteiger partial charge in [0.15, 0.2) is 0 Å². The molecule has 1 aromatic heterocycles. The number of hydrogen-bond donors (Lipinski definition) is 2. The van der Waals surface area contributed by atoms with E-state index in [0.717, 1.165) is 17.0 Å². The first-order chi connectivity index (χ1) is 10.6. The van der Waals surface area contributed by atoms with Crippen LogP contribution in [0.2, 0.25) is 5.02 Å². The van der Waals surface area contributed by atoms with Gasteiger partial charge < -0.3 is 15.6 Å². The molecule has 0 spiro atoms. The molecule has 120 valence electrons. The first-order valence-electron chi connectivity index (χ1n) is 7.38. The molecule has 0 bridgehead atoms. The van der Waals surface area contributed by atoms with E-state index in [1.807, 2.05) is 38.1 Å².